The Bertz CT molecular complexity index is 1810. The standard InChI is InChI=1S/C33H30N6O2/c1-22(40)35-32-26(20-34)19-28(24-7-3-2-4-8-24)31(37-32)25-13-11-23(12-14-25)21-38-17-15-27(16-18-38)39-30-10-6-5-9-29(30)36-33(39)41/h2-14,19,27H,15-18,21H2,1H3,(H,36,41)(H,35,37,40). The number of likely N-dealkylation sites (tertiary alicyclic amines) is 1. The summed E-state index contributed by atoms with van der Waals surface area (Å²) in [7, 11) is 0. The van der Waals surface area contributed by atoms with Gasteiger partial charge < -0.3 is 10.3 Å². The maximum absolute atomic E-state index is 12.6. The van der Waals surface area contributed by atoms with E-state index in [-0.39, 0.29) is 23.5 Å². The fraction of sp³-hybridized carbons (Fsp3) is 0.212. The molecular weight excluding hydrogens is 512 g/mol. The molecule has 1 aliphatic heterocycles. The number of pyridine rings is 1. The number of carbonyl (C=O) groups excluding carboxylic acids is 1. The highest BCUT2D eigenvalue weighted by Gasteiger charge is 2.24. The van der Waals surface area contributed by atoms with E-state index in [4.69, 9.17) is 4.98 Å². The van der Waals surface area contributed by atoms with E-state index in [0.717, 1.165) is 60.2 Å². The van der Waals surface area contributed by atoms with E-state index >= 15 is 0 Å². The molecule has 1 saturated heterocycles. The van der Waals surface area contributed by atoms with Gasteiger partial charge in [-0.2, -0.15) is 5.26 Å². The van der Waals surface area contributed by atoms with Crippen molar-refractivity contribution < 1.29 is 4.79 Å². The van der Waals surface area contributed by atoms with Crippen LogP contribution in [0.1, 0.15) is 36.9 Å². The Morgan fingerprint density at radius 1 is 1.00 bits per heavy atom. The van der Waals surface area contributed by atoms with Crippen LogP contribution >= 0.6 is 0 Å². The van der Waals surface area contributed by atoms with Crippen LogP contribution in [0.2, 0.25) is 0 Å². The Morgan fingerprint density at radius 3 is 2.41 bits per heavy atom. The zero-order valence-corrected chi connectivity index (χ0v) is 22.8. The number of nitriles is 1. The normalized spacial score (nSPS) is 14.1. The first-order valence-electron chi connectivity index (χ1n) is 13.8. The van der Waals surface area contributed by atoms with Gasteiger partial charge in [0.25, 0.3) is 0 Å². The number of benzene rings is 3. The highest BCUT2D eigenvalue weighted by atomic mass is 16.2. The number of H-pyrrole nitrogens is 1. The number of para-hydroxylation sites is 2. The molecule has 3 heterocycles. The van der Waals surface area contributed by atoms with Crippen molar-refractivity contribution >= 4 is 22.8 Å². The van der Waals surface area contributed by atoms with E-state index in [0.29, 0.717) is 11.3 Å². The predicted octanol–water partition coefficient (Wildman–Crippen LogP) is 5.73. The minimum atomic E-state index is -0.277. The lowest BCUT2D eigenvalue weighted by Gasteiger charge is -2.32. The Kier molecular flexibility index (Phi) is 7.19. The maximum atomic E-state index is 12.6. The average Bonchev–Trinajstić information content (AvgIpc) is 3.33. The van der Waals surface area contributed by atoms with Crippen molar-refractivity contribution in [2.75, 3.05) is 18.4 Å². The van der Waals surface area contributed by atoms with Crippen LogP contribution in [0, 0.1) is 11.3 Å². The topological polar surface area (TPSA) is 107 Å². The number of nitrogens with zero attached hydrogens (tertiary/aromatic N) is 4. The summed E-state index contributed by atoms with van der Waals surface area (Å²) in [5.74, 6) is -0.0166. The number of aromatic amines is 1. The largest absolute Gasteiger partial charge is 0.326 e. The van der Waals surface area contributed by atoms with Crippen LogP contribution in [-0.2, 0) is 11.3 Å². The van der Waals surface area contributed by atoms with Crippen LogP contribution in [-0.4, -0.2) is 38.4 Å². The molecule has 5 aromatic rings. The molecule has 1 fully saturated rings. The molecule has 0 bridgehead atoms. The fourth-order valence-corrected chi connectivity index (χ4v) is 5.72. The second-order valence-electron chi connectivity index (χ2n) is 10.5. The van der Waals surface area contributed by atoms with Gasteiger partial charge in [-0.1, -0.05) is 66.7 Å². The molecule has 3 aromatic carbocycles. The number of fused-ring (bicyclic) bond motifs is 1. The first-order chi connectivity index (χ1) is 20.0. The smallest absolute Gasteiger partial charge is 0.310 e. The van der Waals surface area contributed by atoms with Crippen molar-refractivity contribution in [3.8, 4) is 28.5 Å². The molecule has 0 aliphatic carbocycles. The van der Waals surface area contributed by atoms with Crippen molar-refractivity contribution in [1.29, 1.82) is 5.26 Å². The predicted molar refractivity (Wildman–Crippen MR) is 160 cm³/mol. The molecule has 8 nitrogen and oxygen atoms in total. The summed E-state index contributed by atoms with van der Waals surface area (Å²) in [6, 6.07) is 30.2. The average molecular weight is 543 g/mol. The van der Waals surface area contributed by atoms with Gasteiger partial charge in [0.2, 0.25) is 5.91 Å². The highest BCUT2D eigenvalue weighted by molar-refractivity contribution is 5.91. The van der Waals surface area contributed by atoms with E-state index in [9.17, 15) is 14.9 Å². The van der Waals surface area contributed by atoms with Crippen LogP contribution in [0.4, 0.5) is 5.82 Å². The fourth-order valence-electron chi connectivity index (χ4n) is 5.72. The van der Waals surface area contributed by atoms with Gasteiger partial charge in [-0.05, 0) is 42.2 Å². The van der Waals surface area contributed by atoms with Gasteiger partial charge in [0.1, 0.15) is 6.07 Å². The number of hydrogen-bond acceptors (Lipinski definition) is 5. The number of amides is 1. The summed E-state index contributed by atoms with van der Waals surface area (Å²) in [6.45, 7) is 4.05. The van der Waals surface area contributed by atoms with Gasteiger partial charge >= 0.3 is 5.69 Å². The molecular formula is C33H30N6O2. The lowest BCUT2D eigenvalue weighted by Crippen LogP contribution is -2.36. The molecule has 0 atom stereocenters. The molecule has 1 amide bonds. The second kappa shape index (κ2) is 11.2. The minimum absolute atomic E-state index is 0.0341. The van der Waals surface area contributed by atoms with Crippen molar-refractivity contribution in [2.24, 2.45) is 0 Å². The van der Waals surface area contributed by atoms with Crippen LogP contribution in [0.5, 0.6) is 0 Å². The van der Waals surface area contributed by atoms with Gasteiger partial charge in [0, 0.05) is 43.7 Å². The molecule has 0 unspecified atom stereocenters. The Balaban J connectivity index is 1.21. The molecule has 2 N–H and O–H groups in total. The number of carbonyl (C=O) groups is 1. The van der Waals surface area contributed by atoms with Crippen LogP contribution in [0.3, 0.4) is 0 Å². The molecule has 204 valence electrons. The van der Waals surface area contributed by atoms with Crippen LogP contribution < -0.4 is 11.0 Å². The zero-order chi connectivity index (χ0) is 28.3. The SMILES string of the molecule is CC(=O)Nc1nc(-c2ccc(CN3CCC(n4c(=O)[nH]c5ccccc54)CC3)cc2)c(-c2ccccc2)cc1C#N. The van der Waals surface area contributed by atoms with E-state index < -0.39 is 0 Å². The number of imidazole rings is 1. The van der Waals surface area contributed by atoms with Crippen LogP contribution in [0.15, 0.2) is 89.7 Å². The highest BCUT2D eigenvalue weighted by Crippen LogP contribution is 2.34. The summed E-state index contributed by atoms with van der Waals surface area (Å²) in [5, 5.41) is 12.4. The summed E-state index contributed by atoms with van der Waals surface area (Å²) in [6.07, 6.45) is 1.84. The van der Waals surface area contributed by atoms with Gasteiger partial charge in [0.05, 0.1) is 22.3 Å². The van der Waals surface area contributed by atoms with Crippen molar-refractivity contribution in [3.05, 3.63) is 107 Å². The second-order valence-corrected chi connectivity index (χ2v) is 10.5. The first kappa shape index (κ1) is 26.2. The summed E-state index contributed by atoms with van der Waals surface area (Å²) >= 11 is 0. The van der Waals surface area contributed by atoms with Crippen LogP contribution in [0.25, 0.3) is 33.4 Å². The number of hydrogen-bond donors (Lipinski definition) is 2. The van der Waals surface area contributed by atoms with Gasteiger partial charge in [-0.15, -0.1) is 0 Å². The number of aromatic nitrogens is 3. The molecule has 6 rings (SSSR count). The van der Waals surface area contributed by atoms with E-state index in [2.05, 4.69) is 33.4 Å². The number of anilines is 1. The maximum Gasteiger partial charge on any atom is 0.326 e. The summed E-state index contributed by atoms with van der Waals surface area (Å²) in [5.41, 5.74) is 6.72. The van der Waals surface area contributed by atoms with Gasteiger partial charge in [-0.25, -0.2) is 9.78 Å². The molecule has 0 saturated carbocycles. The monoisotopic (exact) mass is 542 g/mol. The minimum Gasteiger partial charge on any atom is -0.310 e. The Hall–Kier alpha value is -5.00. The third-order valence-corrected chi connectivity index (χ3v) is 7.70. The lowest BCUT2D eigenvalue weighted by molar-refractivity contribution is -0.114. The molecule has 41 heavy (non-hydrogen) atoms. The lowest BCUT2D eigenvalue weighted by atomic mass is 9.96. The van der Waals surface area contributed by atoms with Crippen molar-refractivity contribution in [2.45, 2.75) is 32.4 Å². The molecule has 8 heteroatoms. The molecule has 1 aliphatic rings. The van der Waals surface area contributed by atoms with E-state index in [1.165, 1.54) is 12.5 Å². The Labute approximate surface area is 237 Å². The number of nitrogens with one attached hydrogen (secondary N) is 2. The first-order valence-corrected chi connectivity index (χ1v) is 13.8. The van der Waals surface area contributed by atoms with Gasteiger partial charge in [0.15, 0.2) is 5.82 Å². The number of rotatable bonds is 6. The quantitative estimate of drug-likeness (QED) is 0.285. The molecule has 2 aromatic heterocycles. The third-order valence-electron chi connectivity index (χ3n) is 7.70. The summed E-state index contributed by atoms with van der Waals surface area (Å²) in [4.78, 5) is 34.6. The molecule has 0 spiro atoms. The summed E-state index contributed by atoms with van der Waals surface area (Å²) < 4.78 is 1.92. The zero-order valence-electron chi connectivity index (χ0n) is 22.8. The van der Waals surface area contributed by atoms with Crippen molar-refractivity contribution in [3.63, 3.8) is 0 Å². The Morgan fingerprint density at radius 2 is 1.71 bits per heavy atom. The van der Waals surface area contributed by atoms with E-state index in [1.54, 1.807) is 6.07 Å². The van der Waals surface area contributed by atoms with E-state index in [1.807, 2.05) is 71.3 Å². The van der Waals surface area contributed by atoms with Gasteiger partial charge in [-0.3, -0.25) is 14.3 Å². The molecule has 0 radical (unpaired) electrons. The van der Waals surface area contributed by atoms with Crippen molar-refractivity contribution in [1.82, 2.24) is 19.4 Å². The third kappa shape index (κ3) is 5.40. The number of piperidine rings is 1.